The lowest BCUT2D eigenvalue weighted by Crippen LogP contribution is -2.33. The van der Waals surface area contributed by atoms with Crippen LogP contribution in [-0.4, -0.2) is 29.4 Å². The smallest absolute Gasteiger partial charge is 0.270 e. The SMILES string of the molecule is CN1CCc2c([nH]c3ccc(C(C)(C)C)cc23)C1=O. The van der Waals surface area contributed by atoms with Gasteiger partial charge in [-0.05, 0) is 35.1 Å². The van der Waals surface area contributed by atoms with E-state index in [4.69, 9.17) is 0 Å². The van der Waals surface area contributed by atoms with Gasteiger partial charge in [-0.25, -0.2) is 0 Å². The third-order valence-electron chi connectivity index (χ3n) is 4.03. The van der Waals surface area contributed by atoms with Crippen LogP contribution < -0.4 is 0 Å². The summed E-state index contributed by atoms with van der Waals surface area (Å²) in [5.41, 5.74) is 4.47. The van der Waals surface area contributed by atoms with Gasteiger partial charge in [-0.15, -0.1) is 0 Å². The Labute approximate surface area is 113 Å². The van der Waals surface area contributed by atoms with Crippen molar-refractivity contribution in [2.75, 3.05) is 13.6 Å². The summed E-state index contributed by atoms with van der Waals surface area (Å²) in [5, 5.41) is 1.21. The summed E-state index contributed by atoms with van der Waals surface area (Å²) < 4.78 is 0. The first-order valence-corrected chi connectivity index (χ1v) is 6.78. The number of aromatic amines is 1. The van der Waals surface area contributed by atoms with Gasteiger partial charge in [0.15, 0.2) is 0 Å². The van der Waals surface area contributed by atoms with Gasteiger partial charge in [0, 0.05) is 24.5 Å². The van der Waals surface area contributed by atoms with Crippen molar-refractivity contribution >= 4 is 16.8 Å². The zero-order valence-corrected chi connectivity index (χ0v) is 12.0. The molecule has 1 amide bonds. The largest absolute Gasteiger partial charge is 0.350 e. The molecule has 0 aliphatic carbocycles. The van der Waals surface area contributed by atoms with Crippen LogP contribution in [0.4, 0.5) is 0 Å². The maximum atomic E-state index is 12.2. The molecule has 0 saturated heterocycles. The monoisotopic (exact) mass is 256 g/mol. The van der Waals surface area contributed by atoms with Crippen molar-refractivity contribution in [3.8, 4) is 0 Å². The molecule has 3 rings (SSSR count). The molecule has 3 heteroatoms. The molecule has 19 heavy (non-hydrogen) atoms. The molecule has 1 aromatic heterocycles. The maximum Gasteiger partial charge on any atom is 0.270 e. The van der Waals surface area contributed by atoms with E-state index in [1.54, 1.807) is 4.90 Å². The van der Waals surface area contributed by atoms with Crippen LogP contribution in [0.2, 0.25) is 0 Å². The third-order valence-corrected chi connectivity index (χ3v) is 4.03. The fraction of sp³-hybridized carbons (Fsp3) is 0.438. The van der Waals surface area contributed by atoms with Crippen molar-refractivity contribution in [1.29, 1.82) is 0 Å². The summed E-state index contributed by atoms with van der Waals surface area (Å²) >= 11 is 0. The lowest BCUT2D eigenvalue weighted by Gasteiger charge is -2.22. The number of nitrogens with zero attached hydrogens (tertiary/aromatic N) is 1. The highest BCUT2D eigenvalue weighted by atomic mass is 16.2. The molecule has 0 fully saturated rings. The minimum Gasteiger partial charge on any atom is -0.350 e. The highest BCUT2D eigenvalue weighted by Gasteiger charge is 2.26. The molecule has 0 atom stereocenters. The summed E-state index contributed by atoms with van der Waals surface area (Å²) in [5.74, 6) is 0.106. The number of carbonyl (C=O) groups is 1. The summed E-state index contributed by atoms with van der Waals surface area (Å²) in [6.45, 7) is 7.45. The molecular formula is C16H20N2O. The lowest BCUT2D eigenvalue weighted by molar-refractivity contribution is 0.0776. The number of nitrogens with one attached hydrogen (secondary N) is 1. The number of amides is 1. The van der Waals surface area contributed by atoms with Crippen LogP contribution in [-0.2, 0) is 11.8 Å². The molecule has 1 aliphatic rings. The van der Waals surface area contributed by atoms with E-state index in [2.05, 4.69) is 44.0 Å². The van der Waals surface area contributed by atoms with Crippen LogP contribution in [0.15, 0.2) is 18.2 Å². The van der Waals surface area contributed by atoms with Crippen LogP contribution in [0.25, 0.3) is 10.9 Å². The first-order valence-electron chi connectivity index (χ1n) is 6.78. The van der Waals surface area contributed by atoms with E-state index in [-0.39, 0.29) is 11.3 Å². The van der Waals surface area contributed by atoms with Crippen molar-refractivity contribution in [1.82, 2.24) is 9.88 Å². The summed E-state index contributed by atoms with van der Waals surface area (Å²) in [7, 11) is 1.86. The van der Waals surface area contributed by atoms with Crippen molar-refractivity contribution in [2.24, 2.45) is 0 Å². The van der Waals surface area contributed by atoms with E-state index in [1.165, 1.54) is 16.5 Å². The average molecular weight is 256 g/mol. The van der Waals surface area contributed by atoms with Gasteiger partial charge in [0.05, 0.1) is 0 Å². The van der Waals surface area contributed by atoms with Crippen molar-refractivity contribution < 1.29 is 4.79 Å². The van der Waals surface area contributed by atoms with Crippen molar-refractivity contribution in [2.45, 2.75) is 32.6 Å². The Morgan fingerprint density at radius 3 is 2.68 bits per heavy atom. The topological polar surface area (TPSA) is 36.1 Å². The Hall–Kier alpha value is -1.77. The van der Waals surface area contributed by atoms with Crippen molar-refractivity contribution in [3.63, 3.8) is 0 Å². The van der Waals surface area contributed by atoms with E-state index < -0.39 is 0 Å². The quantitative estimate of drug-likeness (QED) is 0.772. The maximum absolute atomic E-state index is 12.2. The van der Waals surface area contributed by atoms with E-state index in [9.17, 15) is 4.79 Å². The Morgan fingerprint density at radius 2 is 2.00 bits per heavy atom. The van der Waals surface area contributed by atoms with Gasteiger partial charge in [-0.2, -0.15) is 0 Å². The van der Waals surface area contributed by atoms with Gasteiger partial charge in [0.1, 0.15) is 5.69 Å². The lowest BCUT2D eigenvalue weighted by atomic mass is 9.86. The van der Waals surface area contributed by atoms with Gasteiger partial charge in [-0.3, -0.25) is 4.79 Å². The van der Waals surface area contributed by atoms with Gasteiger partial charge < -0.3 is 9.88 Å². The van der Waals surface area contributed by atoms with Crippen LogP contribution in [0.3, 0.4) is 0 Å². The summed E-state index contributed by atoms with van der Waals surface area (Å²) in [6, 6.07) is 6.49. The van der Waals surface area contributed by atoms with Gasteiger partial charge in [0.2, 0.25) is 0 Å². The van der Waals surface area contributed by atoms with Crippen LogP contribution in [0.1, 0.15) is 42.4 Å². The number of likely N-dealkylation sites (N-methyl/N-ethyl adjacent to an activating group) is 1. The van der Waals surface area contributed by atoms with Crippen molar-refractivity contribution in [3.05, 3.63) is 35.0 Å². The van der Waals surface area contributed by atoms with Crippen LogP contribution in [0, 0.1) is 0 Å². The number of aromatic nitrogens is 1. The van der Waals surface area contributed by atoms with Crippen LogP contribution >= 0.6 is 0 Å². The number of fused-ring (bicyclic) bond motifs is 3. The number of benzene rings is 1. The predicted octanol–water partition coefficient (Wildman–Crippen LogP) is 3.09. The third kappa shape index (κ3) is 1.84. The highest BCUT2D eigenvalue weighted by Crippen LogP contribution is 2.31. The molecule has 2 aromatic rings. The Balaban J connectivity index is 2.22. The Kier molecular flexibility index (Phi) is 2.49. The first kappa shape index (κ1) is 12.3. The summed E-state index contributed by atoms with van der Waals surface area (Å²) in [4.78, 5) is 17.2. The predicted molar refractivity (Wildman–Crippen MR) is 77.7 cm³/mol. The van der Waals surface area contributed by atoms with Gasteiger partial charge in [-0.1, -0.05) is 26.8 Å². The van der Waals surface area contributed by atoms with E-state index in [1.807, 2.05) is 7.05 Å². The highest BCUT2D eigenvalue weighted by molar-refractivity contribution is 6.02. The Morgan fingerprint density at radius 1 is 1.26 bits per heavy atom. The first-order chi connectivity index (χ1) is 8.88. The molecule has 0 saturated carbocycles. The zero-order chi connectivity index (χ0) is 13.8. The normalized spacial score (nSPS) is 16.0. The van der Waals surface area contributed by atoms with Gasteiger partial charge >= 0.3 is 0 Å². The molecule has 0 radical (unpaired) electrons. The molecule has 0 spiro atoms. The van der Waals surface area contributed by atoms with E-state index in [0.29, 0.717) is 0 Å². The standard InChI is InChI=1S/C16H20N2O/c1-16(2,3)10-5-6-13-12(9-10)11-7-8-18(4)15(19)14(11)17-13/h5-6,9,17H,7-8H2,1-4H3. The minimum absolute atomic E-state index is 0.106. The Bertz CT molecular complexity index is 661. The molecule has 0 unspecified atom stereocenters. The van der Waals surface area contributed by atoms with Gasteiger partial charge in [0.25, 0.3) is 5.91 Å². The number of hydrogen-bond donors (Lipinski definition) is 1. The van der Waals surface area contributed by atoms with Crippen LogP contribution in [0.5, 0.6) is 0 Å². The molecule has 1 aromatic carbocycles. The molecule has 0 bridgehead atoms. The second kappa shape index (κ2) is 3.86. The number of hydrogen-bond acceptors (Lipinski definition) is 1. The molecule has 3 nitrogen and oxygen atoms in total. The number of carbonyl (C=O) groups excluding carboxylic acids is 1. The average Bonchev–Trinajstić information content (AvgIpc) is 2.71. The molecule has 2 heterocycles. The summed E-state index contributed by atoms with van der Waals surface area (Å²) in [6.07, 6.45) is 0.936. The number of rotatable bonds is 0. The second-order valence-electron chi connectivity index (χ2n) is 6.47. The fourth-order valence-corrected chi connectivity index (χ4v) is 2.73. The molecule has 1 aliphatic heterocycles. The second-order valence-corrected chi connectivity index (χ2v) is 6.47. The van der Waals surface area contributed by atoms with E-state index >= 15 is 0 Å². The van der Waals surface area contributed by atoms with E-state index in [0.717, 1.165) is 24.2 Å². The number of H-pyrrole nitrogens is 1. The fourth-order valence-electron chi connectivity index (χ4n) is 2.73. The zero-order valence-electron chi connectivity index (χ0n) is 12.0. The molecule has 1 N–H and O–H groups in total. The minimum atomic E-state index is 0.106. The molecular weight excluding hydrogens is 236 g/mol. The molecule has 100 valence electrons.